The zero-order valence-electron chi connectivity index (χ0n) is 9.85. The molecular weight excluding hydrogens is 346 g/mol. The lowest BCUT2D eigenvalue weighted by Crippen LogP contribution is -2.11. The maximum absolute atomic E-state index is 12.1. The third-order valence-corrected chi connectivity index (χ3v) is 5.37. The van der Waals surface area contributed by atoms with Gasteiger partial charge in [0.25, 0.3) is 5.91 Å². The number of carbonyl (C=O) groups is 1. The molecule has 2 aromatic rings. The van der Waals surface area contributed by atoms with E-state index in [9.17, 15) is 4.79 Å². The number of anilines is 1. The zero-order valence-corrected chi connectivity index (χ0v) is 13.1. The fourth-order valence-corrected chi connectivity index (χ4v) is 4.29. The standard InChI is InChI=1S/C12H10BrN3OS2/c13-10-4-15-11(5-14-10)16-12(17)9-3-7-6-18-2-1-8(7)19-9/h3-5H,1-2,6H2,(H,15,16,17). The summed E-state index contributed by atoms with van der Waals surface area (Å²) in [4.78, 5) is 22.3. The Labute approximate surface area is 127 Å². The average molecular weight is 356 g/mol. The molecule has 1 amide bonds. The first-order valence-electron chi connectivity index (χ1n) is 5.70. The van der Waals surface area contributed by atoms with E-state index in [-0.39, 0.29) is 5.91 Å². The van der Waals surface area contributed by atoms with Crippen LogP contribution in [0.2, 0.25) is 0 Å². The lowest BCUT2D eigenvalue weighted by molar-refractivity contribution is 0.103. The number of rotatable bonds is 2. The number of amides is 1. The van der Waals surface area contributed by atoms with E-state index >= 15 is 0 Å². The Morgan fingerprint density at radius 3 is 3.00 bits per heavy atom. The predicted octanol–water partition coefficient (Wildman–Crippen LogP) is 3.34. The molecule has 0 radical (unpaired) electrons. The molecule has 1 N–H and O–H groups in total. The molecule has 0 fully saturated rings. The molecule has 0 saturated carbocycles. The molecule has 7 heteroatoms. The number of aromatic nitrogens is 2. The Hall–Kier alpha value is -0.920. The highest BCUT2D eigenvalue weighted by molar-refractivity contribution is 9.10. The topological polar surface area (TPSA) is 54.9 Å². The third kappa shape index (κ3) is 2.98. The molecule has 0 bridgehead atoms. The highest BCUT2D eigenvalue weighted by atomic mass is 79.9. The summed E-state index contributed by atoms with van der Waals surface area (Å²) in [6.45, 7) is 0. The van der Waals surface area contributed by atoms with Crippen LogP contribution >= 0.6 is 39.0 Å². The van der Waals surface area contributed by atoms with Crippen molar-refractivity contribution in [2.45, 2.75) is 12.2 Å². The Balaban J connectivity index is 1.76. The summed E-state index contributed by atoms with van der Waals surface area (Å²) in [5, 5.41) is 2.76. The Morgan fingerprint density at radius 1 is 1.37 bits per heavy atom. The van der Waals surface area contributed by atoms with Crippen molar-refractivity contribution in [3.63, 3.8) is 0 Å². The van der Waals surface area contributed by atoms with Gasteiger partial charge in [0.15, 0.2) is 5.82 Å². The fraction of sp³-hybridized carbons (Fsp3) is 0.250. The van der Waals surface area contributed by atoms with Crippen molar-refractivity contribution in [3.8, 4) is 0 Å². The van der Waals surface area contributed by atoms with E-state index < -0.39 is 0 Å². The summed E-state index contributed by atoms with van der Waals surface area (Å²) in [5.41, 5.74) is 1.30. The van der Waals surface area contributed by atoms with Gasteiger partial charge in [0.05, 0.1) is 17.3 Å². The maximum Gasteiger partial charge on any atom is 0.266 e. The van der Waals surface area contributed by atoms with Gasteiger partial charge in [-0.15, -0.1) is 11.3 Å². The predicted molar refractivity (Wildman–Crippen MR) is 81.9 cm³/mol. The summed E-state index contributed by atoms with van der Waals surface area (Å²) in [7, 11) is 0. The van der Waals surface area contributed by atoms with Crippen LogP contribution in [0.4, 0.5) is 5.82 Å². The van der Waals surface area contributed by atoms with Crippen molar-refractivity contribution < 1.29 is 4.79 Å². The molecule has 4 nitrogen and oxygen atoms in total. The summed E-state index contributed by atoms with van der Waals surface area (Å²) >= 11 is 6.71. The molecule has 0 atom stereocenters. The minimum absolute atomic E-state index is 0.110. The van der Waals surface area contributed by atoms with Gasteiger partial charge in [0.2, 0.25) is 0 Å². The van der Waals surface area contributed by atoms with E-state index in [2.05, 4.69) is 31.2 Å². The van der Waals surface area contributed by atoms with Gasteiger partial charge in [0, 0.05) is 10.6 Å². The first kappa shape index (κ1) is 13.1. The van der Waals surface area contributed by atoms with Gasteiger partial charge >= 0.3 is 0 Å². The minimum atomic E-state index is -0.110. The number of thioether (sulfide) groups is 1. The molecule has 1 aliphatic heterocycles. The molecule has 0 saturated heterocycles. The van der Waals surface area contributed by atoms with Gasteiger partial charge < -0.3 is 5.32 Å². The second-order valence-electron chi connectivity index (χ2n) is 4.04. The Kier molecular flexibility index (Phi) is 3.86. The number of aryl methyl sites for hydroxylation is 1. The van der Waals surface area contributed by atoms with Crippen molar-refractivity contribution in [3.05, 3.63) is 38.4 Å². The monoisotopic (exact) mass is 355 g/mol. The van der Waals surface area contributed by atoms with Crippen molar-refractivity contribution in [1.29, 1.82) is 0 Å². The number of thiophene rings is 1. The molecule has 2 aromatic heterocycles. The summed E-state index contributed by atoms with van der Waals surface area (Å²) < 4.78 is 0.647. The second kappa shape index (κ2) is 5.60. The normalized spacial score (nSPS) is 13.9. The van der Waals surface area contributed by atoms with Crippen LogP contribution in [0.25, 0.3) is 0 Å². The first-order chi connectivity index (χ1) is 9.22. The van der Waals surface area contributed by atoms with Crippen LogP contribution in [0, 0.1) is 0 Å². The molecular formula is C12H10BrN3OS2. The van der Waals surface area contributed by atoms with Gasteiger partial charge in [-0.2, -0.15) is 11.8 Å². The number of carbonyl (C=O) groups excluding carboxylic acids is 1. The number of nitrogens with zero attached hydrogens (tertiary/aromatic N) is 2. The van der Waals surface area contributed by atoms with Crippen LogP contribution < -0.4 is 5.32 Å². The lowest BCUT2D eigenvalue weighted by atomic mass is 10.2. The number of hydrogen-bond acceptors (Lipinski definition) is 5. The molecule has 3 heterocycles. The van der Waals surface area contributed by atoms with Crippen molar-refractivity contribution in [1.82, 2.24) is 9.97 Å². The quantitative estimate of drug-likeness (QED) is 0.897. The third-order valence-electron chi connectivity index (χ3n) is 2.71. The Morgan fingerprint density at radius 2 is 2.26 bits per heavy atom. The second-order valence-corrected chi connectivity index (χ2v) is 7.09. The van der Waals surface area contributed by atoms with Crippen LogP contribution in [0.1, 0.15) is 20.1 Å². The number of nitrogens with one attached hydrogen (secondary N) is 1. The molecule has 0 aromatic carbocycles. The molecule has 0 spiro atoms. The first-order valence-corrected chi connectivity index (χ1v) is 8.47. The van der Waals surface area contributed by atoms with Crippen molar-refractivity contribution in [2.24, 2.45) is 0 Å². The number of fused-ring (bicyclic) bond motifs is 1. The smallest absolute Gasteiger partial charge is 0.266 e. The minimum Gasteiger partial charge on any atom is -0.305 e. The molecule has 19 heavy (non-hydrogen) atoms. The van der Waals surface area contributed by atoms with Gasteiger partial charge in [-0.1, -0.05) is 0 Å². The summed E-state index contributed by atoms with van der Waals surface area (Å²) in [6, 6.07) is 1.99. The van der Waals surface area contributed by atoms with Crippen LogP contribution in [0.15, 0.2) is 23.1 Å². The Bertz CT molecular complexity index is 588. The summed E-state index contributed by atoms with van der Waals surface area (Å²) in [6.07, 6.45) is 4.16. The van der Waals surface area contributed by atoms with Crippen LogP contribution in [0.5, 0.6) is 0 Å². The van der Waals surface area contributed by atoms with Crippen LogP contribution in [0.3, 0.4) is 0 Å². The van der Waals surface area contributed by atoms with Gasteiger partial charge in [0.1, 0.15) is 4.60 Å². The largest absolute Gasteiger partial charge is 0.305 e. The highest BCUT2D eigenvalue weighted by Crippen LogP contribution is 2.31. The lowest BCUT2D eigenvalue weighted by Gasteiger charge is -2.08. The van der Waals surface area contributed by atoms with E-state index in [1.54, 1.807) is 17.5 Å². The molecule has 0 aliphatic carbocycles. The number of halogens is 1. The fourth-order valence-electron chi connectivity index (χ4n) is 1.81. The average Bonchev–Trinajstić information content (AvgIpc) is 2.85. The van der Waals surface area contributed by atoms with Crippen molar-refractivity contribution >= 4 is 50.8 Å². The highest BCUT2D eigenvalue weighted by Gasteiger charge is 2.17. The van der Waals surface area contributed by atoms with Gasteiger partial charge in [-0.3, -0.25) is 4.79 Å². The van der Waals surface area contributed by atoms with Crippen LogP contribution in [-0.2, 0) is 12.2 Å². The van der Waals surface area contributed by atoms with E-state index in [1.807, 2.05) is 17.8 Å². The molecule has 1 aliphatic rings. The van der Waals surface area contributed by atoms with E-state index in [1.165, 1.54) is 16.6 Å². The molecule has 3 rings (SSSR count). The SMILES string of the molecule is O=C(Nc1cnc(Br)cn1)c1cc2c(s1)CCSC2. The zero-order chi connectivity index (χ0) is 13.2. The van der Waals surface area contributed by atoms with Crippen molar-refractivity contribution in [2.75, 3.05) is 11.1 Å². The maximum atomic E-state index is 12.1. The van der Waals surface area contributed by atoms with Gasteiger partial charge in [-0.25, -0.2) is 9.97 Å². The molecule has 0 unspecified atom stereocenters. The van der Waals surface area contributed by atoms with Crippen LogP contribution in [-0.4, -0.2) is 21.6 Å². The summed E-state index contributed by atoms with van der Waals surface area (Å²) in [5.74, 6) is 2.51. The van der Waals surface area contributed by atoms with E-state index in [0.717, 1.165) is 22.8 Å². The van der Waals surface area contributed by atoms with E-state index in [0.29, 0.717) is 10.4 Å². The van der Waals surface area contributed by atoms with Gasteiger partial charge in [-0.05, 0) is 39.7 Å². The van der Waals surface area contributed by atoms with E-state index in [4.69, 9.17) is 0 Å². The molecule has 98 valence electrons. The number of hydrogen-bond donors (Lipinski definition) is 1.